The van der Waals surface area contributed by atoms with E-state index in [9.17, 15) is 14.0 Å². The molecule has 3 heterocycles. The van der Waals surface area contributed by atoms with Crippen molar-refractivity contribution in [2.75, 3.05) is 19.5 Å². The van der Waals surface area contributed by atoms with E-state index in [1.807, 2.05) is 0 Å². The third kappa shape index (κ3) is 5.12. The molecule has 0 spiro atoms. The first-order chi connectivity index (χ1) is 20.1. The number of carbonyl (C=O) groups is 1. The monoisotopic (exact) mass is 572 g/mol. The molecule has 0 aliphatic rings. The lowest BCUT2D eigenvalue weighted by molar-refractivity contribution is 0.102. The van der Waals surface area contributed by atoms with Gasteiger partial charge in [0.2, 0.25) is 5.43 Å². The van der Waals surface area contributed by atoms with Crippen LogP contribution in [0.2, 0.25) is 0 Å². The summed E-state index contributed by atoms with van der Waals surface area (Å²) in [5.74, 6) is -1.18. The van der Waals surface area contributed by atoms with Gasteiger partial charge in [-0.05, 0) is 38.1 Å². The van der Waals surface area contributed by atoms with Crippen LogP contribution in [0.3, 0.4) is 0 Å². The SMILES string of the molecule is COc1cnc2c(Oc3ccc(NC(=O)c4c(C)n(C)c(C)c(-c5ccc(F)cc5OC)c4=O)cc3F)ccnc2c1. The number of hydrogen-bond donors (Lipinski definition) is 1. The highest BCUT2D eigenvalue weighted by atomic mass is 19.1. The molecule has 2 aromatic carbocycles. The predicted molar refractivity (Wildman–Crippen MR) is 154 cm³/mol. The first-order valence-electron chi connectivity index (χ1n) is 12.7. The van der Waals surface area contributed by atoms with E-state index in [-0.39, 0.29) is 34.1 Å². The van der Waals surface area contributed by atoms with Crippen LogP contribution in [0.4, 0.5) is 14.5 Å². The van der Waals surface area contributed by atoms with Gasteiger partial charge in [-0.3, -0.25) is 14.6 Å². The molecule has 0 saturated heterocycles. The average molecular weight is 573 g/mol. The summed E-state index contributed by atoms with van der Waals surface area (Å²) in [6.45, 7) is 3.36. The number of carbonyl (C=O) groups excluding carboxylic acids is 1. The zero-order valence-electron chi connectivity index (χ0n) is 23.4. The van der Waals surface area contributed by atoms with E-state index >= 15 is 4.39 Å². The van der Waals surface area contributed by atoms with Crippen molar-refractivity contribution in [3.05, 3.63) is 99.7 Å². The van der Waals surface area contributed by atoms with E-state index in [4.69, 9.17) is 14.2 Å². The predicted octanol–water partition coefficient (Wildman–Crippen LogP) is 5.95. The highest BCUT2D eigenvalue weighted by Crippen LogP contribution is 2.33. The van der Waals surface area contributed by atoms with Gasteiger partial charge in [0, 0.05) is 60.1 Å². The van der Waals surface area contributed by atoms with E-state index in [0.717, 1.165) is 6.07 Å². The number of halogens is 2. The zero-order chi connectivity index (χ0) is 30.1. The lowest BCUT2D eigenvalue weighted by Gasteiger charge is -2.19. The van der Waals surface area contributed by atoms with Gasteiger partial charge >= 0.3 is 0 Å². The summed E-state index contributed by atoms with van der Waals surface area (Å²) in [6.07, 6.45) is 3.01. The largest absolute Gasteiger partial charge is 0.496 e. The van der Waals surface area contributed by atoms with Crippen LogP contribution in [-0.2, 0) is 7.05 Å². The van der Waals surface area contributed by atoms with Crippen LogP contribution >= 0.6 is 0 Å². The number of fused-ring (bicyclic) bond motifs is 1. The van der Waals surface area contributed by atoms with E-state index in [1.54, 1.807) is 37.6 Å². The molecule has 0 radical (unpaired) electrons. The quantitative estimate of drug-likeness (QED) is 0.257. The Bertz CT molecular complexity index is 1920. The van der Waals surface area contributed by atoms with Gasteiger partial charge in [-0.1, -0.05) is 0 Å². The molecule has 42 heavy (non-hydrogen) atoms. The van der Waals surface area contributed by atoms with E-state index in [1.165, 1.54) is 56.9 Å². The molecule has 5 rings (SSSR count). The van der Waals surface area contributed by atoms with Gasteiger partial charge < -0.3 is 24.1 Å². The molecule has 3 aromatic heterocycles. The Labute approximate surface area is 239 Å². The fourth-order valence-electron chi connectivity index (χ4n) is 4.65. The average Bonchev–Trinajstić information content (AvgIpc) is 2.98. The summed E-state index contributed by atoms with van der Waals surface area (Å²) in [5.41, 5.74) is 1.80. The first kappa shape index (κ1) is 28.2. The Morgan fingerprint density at radius 3 is 2.40 bits per heavy atom. The normalized spacial score (nSPS) is 10.9. The van der Waals surface area contributed by atoms with Gasteiger partial charge in [-0.25, -0.2) is 13.8 Å². The molecule has 5 aromatic rings. The second-order valence-corrected chi connectivity index (χ2v) is 9.41. The molecular weight excluding hydrogens is 546 g/mol. The molecular formula is C31H26F2N4O5. The van der Waals surface area contributed by atoms with Crippen molar-refractivity contribution >= 4 is 22.6 Å². The first-order valence-corrected chi connectivity index (χ1v) is 12.7. The molecule has 0 aliphatic carbocycles. The Morgan fingerprint density at radius 1 is 0.905 bits per heavy atom. The number of amides is 1. The van der Waals surface area contributed by atoms with Crippen LogP contribution in [0.25, 0.3) is 22.2 Å². The number of aromatic nitrogens is 3. The number of ether oxygens (including phenoxy) is 3. The Morgan fingerprint density at radius 2 is 1.69 bits per heavy atom. The van der Waals surface area contributed by atoms with Crippen LogP contribution in [-0.4, -0.2) is 34.7 Å². The number of benzene rings is 2. The third-order valence-electron chi connectivity index (χ3n) is 7.00. The lowest BCUT2D eigenvalue weighted by atomic mass is 9.98. The maximum Gasteiger partial charge on any atom is 0.261 e. The van der Waals surface area contributed by atoms with Crippen molar-refractivity contribution < 1.29 is 27.8 Å². The van der Waals surface area contributed by atoms with Gasteiger partial charge in [-0.15, -0.1) is 0 Å². The molecule has 9 nitrogen and oxygen atoms in total. The highest BCUT2D eigenvalue weighted by Gasteiger charge is 2.24. The van der Waals surface area contributed by atoms with Crippen molar-refractivity contribution in [2.24, 2.45) is 7.05 Å². The second-order valence-electron chi connectivity index (χ2n) is 9.41. The number of rotatable bonds is 7. The van der Waals surface area contributed by atoms with Crippen LogP contribution in [0.1, 0.15) is 21.7 Å². The number of nitrogens with one attached hydrogen (secondary N) is 1. The molecule has 0 atom stereocenters. The number of anilines is 1. The summed E-state index contributed by atoms with van der Waals surface area (Å²) < 4.78 is 46.9. The van der Waals surface area contributed by atoms with Gasteiger partial charge in [0.05, 0.1) is 31.5 Å². The fraction of sp³-hybridized carbons (Fsp3) is 0.161. The molecule has 1 amide bonds. The maximum absolute atomic E-state index is 15.1. The summed E-state index contributed by atoms with van der Waals surface area (Å²) in [5, 5.41) is 2.60. The van der Waals surface area contributed by atoms with Gasteiger partial charge in [0.25, 0.3) is 5.91 Å². The summed E-state index contributed by atoms with van der Waals surface area (Å²) in [6, 6.07) is 10.9. The van der Waals surface area contributed by atoms with E-state index in [0.29, 0.717) is 33.7 Å². The van der Waals surface area contributed by atoms with Crippen molar-refractivity contribution in [1.82, 2.24) is 14.5 Å². The lowest BCUT2D eigenvalue weighted by Crippen LogP contribution is -2.28. The molecule has 0 bridgehead atoms. The molecule has 11 heteroatoms. The molecule has 214 valence electrons. The minimum Gasteiger partial charge on any atom is -0.496 e. The smallest absolute Gasteiger partial charge is 0.261 e. The van der Waals surface area contributed by atoms with Gasteiger partial charge in [-0.2, -0.15) is 0 Å². The molecule has 0 fully saturated rings. The Kier molecular flexibility index (Phi) is 7.58. The minimum absolute atomic E-state index is 0.105. The van der Waals surface area contributed by atoms with Gasteiger partial charge in [0.15, 0.2) is 17.3 Å². The van der Waals surface area contributed by atoms with E-state index in [2.05, 4.69) is 15.3 Å². The van der Waals surface area contributed by atoms with Crippen molar-refractivity contribution in [3.8, 4) is 34.1 Å². The van der Waals surface area contributed by atoms with Crippen LogP contribution in [0, 0.1) is 25.5 Å². The highest BCUT2D eigenvalue weighted by molar-refractivity contribution is 6.06. The number of hydrogen-bond acceptors (Lipinski definition) is 7. The molecule has 0 unspecified atom stereocenters. The minimum atomic E-state index is -0.753. The zero-order valence-corrected chi connectivity index (χ0v) is 23.4. The standard InChI is InChI=1S/C31H26F2N4O5/c1-16-27(21-8-6-18(32)12-26(21)41-5)30(38)28(17(2)37(16)3)31(39)36-19-7-9-24(22(33)13-19)42-25-10-11-34-23-14-20(40-4)15-35-29(23)25/h6-15H,1-5H3,(H,36,39). The molecule has 0 saturated carbocycles. The number of nitrogens with zero attached hydrogens (tertiary/aromatic N) is 3. The van der Waals surface area contributed by atoms with Crippen LogP contribution in [0.15, 0.2) is 65.7 Å². The fourth-order valence-corrected chi connectivity index (χ4v) is 4.65. The van der Waals surface area contributed by atoms with E-state index < -0.39 is 23.0 Å². The van der Waals surface area contributed by atoms with Crippen LogP contribution < -0.4 is 25.0 Å². The molecule has 0 aliphatic heterocycles. The Balaban J connectivity index is 1.46. The summed E-state index contributed by atoms with van der Waals surface area (Å²) >= 11 is 0. The molecule has 1 N–H and O–H groups in total. The third-order valence-corrected chi connectivity index (χ3v) is 7.00. The van der Waals surface area contributed by atoms with Crippen molar-refractivity contribution in [3.63, 3.8) is 0 Å². The summed E-state index contributed by atoms with van der Waals surface area (Å²) in [7, 11) is 4.59. The second kappa shape index (κ2) is 11.3. The topological polar surface area (TPSA) is 105 Å². The van der Waals surface area contributed by atoms with Crippen LogP contribution in [0.5, 0.6) is 23.0 Å². The number of pyridine rings is 3. The van der Waals surface area contributed by atoms with Gasteiger partial charge in [0.1, 0.15) is 28.4 Å². The van der Waals surface area contributed by atoms with Crippen molar-refractivity contribution in [2.45, 2.75) is 13.8 Å². The maximum atomic E-state index is 15.1. The summed E-state index contributed by atoms with van der Waals surface area (Å²) in [4.78, 5) is 35.6. The Hall–Kier alpha value is -5.32. The van der Waals surface area contributed by atoms with Crippen molar-refractivity contribution in [1.29, 1.82) is 0 Å². The number of methoxy groups -OCH3 is 2.